The average molecular weight is 694 g/mol. The van der Waals surface area contributed by atoms with E-state index < -0.39 is 0 Å². The summed E-state index contributed by atoms with van der Waals surface area (Å²) in [6.45, 7) is 0. The van der Waals surface area contributed by atoms with Crippen LogP contribution in [0.1, 0.15) is 0 Å². The summed E-state index contributed by atoms with van der Waals surface area (Å²) in [5.74, 6) is 0. The highest BCUT2D eigenvalue weighted by Gasteiger charge is 2.24. The summed E-state index contributed by atoms with van der Waals surface area (Å²) in [4.78, 5) is 2.44. The van der Waals surface area contributed by atoms with Crippen LogP contribution >= 0.6 is 11.3 Å². The molecule has 53 heavy (non-hydrogen) atoms. The molecule has 2 heterocycles. The van der Waals surface area contributed by atoms with Crippen molar-refractivity contribution in [2.75, 3.05) is 4.90 Å². The second kappa shape index (κ2) is 11.9. The zero-order valence-corrected chi connectivity index (χ0v) is 29.5. The molecule has 0 aliphatic rings. The number of para-hydroxylation sites is 1. The predicted molar refractivity (Wildman–Crippen MR) is 227 cm³/mol. The van der Waals surface area contributed by atoms with Gasteiger partial charge in [-0.1, -0.05) is 140 Å². The molecule has 0 unspecified atom stereocenters. The molecule has 0 spiro atoms. The lowest BCUT2D eigenvalue weighted by Crippen LogP contribution is -2.11. The second-order valence-corrected chi connectivity index (χ2v) is 14.7. The zero-order chi connectivity index (χ0) is 34.9. The van der Waals surface area contributed by atoms with E-state index in [1.165, 1.54) is 53.0 Å². The molecule has 0 saturated heterocycles. The van der Waals surface area contributed by atoms with Crippen molar-refractivity contribution in [3.63, 3.8) is 0 Å². The minimum absolute atomic E-state index is 0.869. The molecule has 0 fully saturated rings. The van der Waals surface area contributed by atoms with E-state index in [4.69, 9.17) is 4.42 Å². The molecule has 2 aromatic heterocycles. The molecule has 0 N–H and O–H groups in total. The van der Waals surface area contributed by atoms with Crippen molar-refractivity contribution in [2.45, 2.75) is 0 Å². The van der Waals surface area contributed by atoms with Gasteiger partial charge in [-0.2, -0.15) is 0 Å². The Kier molecular flexibility index (Phi) is 6.76. The standard InChI is InChI=1S/C50H31NOS/c1-2-14-34-30-36(27-26-32(34)12-1)35-15-9-16-37(31-35)51(45-23-11-24-46-48(45)43-29-28-33-13-3-4-17-38(33)49(43)52-46)44-22-7-5-18-39(44)41-20-10-21-42-40-19-6-8-25-47(40)53-50(41)42/h1-31H. The van der Waals surface area contributed by atoms with Gasteiger partial charge in [-0.15, -0.1) is 11.3 Å². The van der Waals surface area contributed by atoms with Crippen LogP contribution in [0.25, 0.3) is 85.9 Å². The van der Waals surface area contributed by atoms with E-state index >= 15 is 0 Å². The summed E-state index contributed by atoms with van der Waals surface area (Å²) in [5.41, 5.74) is 9.80. The first kappa shape index (κ1) is 30.0. The monoisotopic (exact) mass is 693 g/mol. The number of hydrogen-bond donors (Lipinski definition) is 0. The van der Waals surface area contributed by atoms with Crippen LogP contribution < -0.4 is 4.90 Å². The van der Waals surface area contributed by atoms with Gasteiger partial charge in [0.2, 0.25) is 0 Å². The van der Waals surface area contributed by atoms with Gasteiger partial charge in [0.15, 0.2) is 0 Å². The Morgan fingerprint density at radius 1 is 0.415 bits per heavy atom. The Hall–Kier alpha value is -6.68. The molecule has 3 heteroatoms. The summed E-state index contributed by atoms with van der Waals surface area (Å²) < 4.78 is 9.34. The van der Waals surface area contributed by atoms with Crippen LogP contribution in [-0.2, 0) is 0 Å². The Balaban J connectivity index is 1.19. The third-order valence-corrected chi connectivity index (χ3v) is 11.9. The van der Waals surface area contributed by atoms with Crippen molar-refractivity contribution in [1.82, 2.24) is 0 Å². The van der Waals surface area contributed by atoms with Gasteiger partial charge < -0.3 is 9.32 Å². The molecule has 0 saturated carbocycles. The Morgan fingerprint density at radius 3 is 2.04 bits per heavy atom. The Bertz CT molecular complexity index is 3200. The van der Waals surface area contributed by atoms with Crippen molar-refractivity contribution in [3.8, 4) is 22.3 Å². The number of anilines is 3. The molecule has 2 nitrogen and oxygen atoms in total. The Labute approximate surface area is 310 Å². The van der Waals surface area contributed by atoms with Crippen molar-refractivity contribution in [2.24, 2.45) is 0 Å². The fourth-order valence-electron chi connectivity index (χ4n) is 8.18. The summed E-state index contributed by atoms with van der Waals surface area (Å²) in [5, 5.41) is 9.55. The van der Waals surface area contributed by atoms with Crippen LogP contribution in [0.15, 0.2) is 192 Å². The number of benzene rings is 9. The highest BCUT2D eigenvalue weighted by atomic mass is 32.1. The van der Waals surface area contributed by atoms with E-state index in [0.717, 1.165) is 50.0 Å². The molecule has 9 aromatic carbocycles. The van der Waals surface area contributed by atoms with E-state index in [0.29, 0.717) is 0 Å². The molecule has 11 aromatic rings. The first-order valence-electron chi connectivity index (χ1n) is 18.0. The first-order chi connectivity index (χ1) is 26.3. The smallest absolute Gasteiger partial charge is 0.143 e. The molecule has 0 amide bonds. The SMILES string of the molecule is c1cc(-c2ccc3ccccc3c2)cc(N(c2ccccc2-c2cccc3c2sc2ccccc23)c2cccc3oc4c5ccccc5ccc4c23)c1. The molecule has 0 aliphatic heterocycles. The maximum atomic E-state index is 6.74. The zero-order valence-electron chi connectivity index (χ0n) is 28.7. The topological polar surface area (TPSA) is 16.4 Å². The number of thiophene rings is 1. The number of hydrogen-bond acceptors (Lipinski definition) is 3. The number of rotatable bonds is 5. The second-order valence-electron chi connectivity index (χ2n) is 13.7. The lowest BCUT2D eigenvalue weighted by Gasteiger charge is -2.29. The lowest BCUT2D eigenvalue weighted by atomic mass is 9.97. The number of nitrogens with zero attached hydrogens (tertiary/aromatic N) is 1. The van der Waals surface area contributed by atoms with Gasteiger partial charge in [0, 0.05) is 47.8 Å². The normalized spacial score (nSPS) is 11.8. The van der Waals surface area contributed by atoms with Crippen LogP contribution in [0, 0.1) is 0 Å². The van der Waals surface area contributed by atoms with Gasteiger partial charge in [-0.05, 0) is 75.8 Å². The number of furan rings is 1. The van der Waals surface area contributed by atoms with Crippen molar-refractivity contribution in [3.05, 3.63) is 188 Å². The van der Waals surface area contributed by atoms with Crippen LogP contribution in [0.4, 0.5) is 17.1 Å². The van der Waals surface area contributed by atoms with E-state index in [2.05, 4.69) is 193 Å². The summed E-state index contributed by atoms with van der Waals surface area (Å²) in [7, 11) is 0. The summed E-state index contributed by atoms with van der Waals surface area (Å²) in [6, 6.07) is 68.0. The molecule has 248 valence electrons. The molecule has 0 aliphatic carbocycles. The number of fused-ring (bicyclic) bond motifs is 9. The molecular weight excluding hydrogens is 663 g/mol. The van der Waals surface area contributed by atoms with Gasteiger partial charge in [0.05, 0.1) is 16.8 Å². The third kappa shape index (κ3) is 4.78. The van der Waals surface area contributed by atoms with Crippen molar-refractivity contribution < 1.29 is 4.42 Å². The highest BCUT2D eigenvalue weighted by Crippen LogP contribution is 2.49. The fraction of sp³-hybridized carbons (Fsp3) is 0. The van der Waals surface area contributed by atoms with Crippen LogP contribution in [-0.4, -0.2) is 0 Å². The fourth-order valence-corrected chi connectivity index (χ4v) is 9.41. The quantitative estimate of drug-likeness (QED) is 0.178. The lowest BCUT2D eigenvalue weighted by molar-refractivity contribution is 0.672. The third-order valence-electron chi connectivity index (χ3n) is 10.6. The van der Waals surface area contributed by atoms with Gasteiger partial charge in [-0.3, -0.25) is 0 Å². The molecule has 0 atom stereocenters. The van der Waals surface area contributed by atoms with Crippen molar-refractivity contribution >= 4 is 92.1 Å². The average Bonchev–Trinajstić information content (AvgIpc) is 3.81. The molecule has 11 rings (SSSR count). The van der Waals surface area contributed by atoms with E-state index in [1.54, 1.807) is 0 Å². The van der Waals surface area contributed by atoms with Gasteiger partial charge in [0.1, 0.15) is 11.2 Å². The van der Waals surface area contributed by atoms with Crippen molar-refractivity contribution in [1.29, 1.82) is 0 Å². The maximum absolute atomic E-state index is 6.74. The van der Waals surface area contributed by atoms with E-state index in [9.17, 15) is 0 Å². The van der Waals surface area contributed by atoms with E-state index in [-0.39, 0.29) is 0 Å². The van der Waals surface area contributed by atoms with Crippen LogP contribution in [0.2, 0.25) is 0 Å². The van der Waals surface area contributed by atoms with Gasteiger partial charge in [-0.25, -0.2) is 0 Å². The van der Waals surface area contributed by atoms with Gasteiger partial charge >= 0.3 is 0 Å². The first-order valence-corrected chi connectivity index (χ1v) is 18.8. The molecule has 0 radical (unpaired) electrons. The summed E-state index contributed by atoms with van der Waals surface area (Å²) >= 11 is 1.87. The highest BCUT2D eigenvalue weighted by molar-refractivity contribution is 7.26. The maximum Gasteiger partial charge on any atom is 0.143 e. The van der Waals surface area contributed by atoms with Crippen LogP contribution in [0.5, 0.6) is 0 Å². The largest absolute Gasteiger partial charge is 0.455 e. The minimum Gasteiger partial charge on any atom is -0.455 e. The summed E-state index contributed by atoms with van der Waals surface area (Å²) in [6.07, 6.45) is 0. The predicted octanol–water partition coefficient (Wildman–Crippen LogP) is 15.1. The van der Waals surface area contributed by atoms with Gasteiger partial charge in [0.25, 0.3) is 0 Å². The Morgan fingerprint density at radius 2 is 1.09 bits per heavy atom. The molecule has 0 bridgehead atoms. The van der Waals surface area contributed by atoms with E-state index in [1.807, 2.05) is 11.3 Å². The minimum atomic E-state index is 0.869. The molecular formula is C50H31NOS. The van der Waals surface area contributed by atoms with Crippen LogP contribution in [0.3, 0.4) is 0 Å².